The van der Waals surface area contributed by atoms with E-state index in [0.717, 1.165) is 54.1 Å². The molecule has 5 aliphatic carbocycles. The number of thiol groups is 5. The first-order chi connectivity index (χ1) is 41.5. The third kappa shape index (κ3) is 31.4. The SMILES string of the molecule is CCCCC1CC=C(c2ccc(S)cc2)CC1.CCCCC1CC=C(c2ccc(S)cc2)CC1.CCCCC1CC=C(c2ccc(S)cc2)CC1.CCCCC1CC=C(c2ccc(S)cc2)CC1.CCCCC1CC=C(c2ccc(S)cc2)CC1.F.F.F.F.F. The van der Waals surface area contributed by atoms with E-state index in [-0.39, 0.29) is 23.5 Å². The van der Waals surface area contributed by atoms with Crippen molar-refractivity contribution in [1.82, 2.24) is 0 Å². The molecule has 0 N–H and O–H groups in total. The molecule has 0 nitrogen and oxygen atoms in total. The molecule has 0 aliphatic heterocycles. The summed E-state index contributed by atoms with van der Waals surface area (Å²) < 4.78 is 0. The van der Waals surface area contributed by atoms with Crippen LogP contribution in [-0.4, -0.2) is 0 Å². The Morgan fingerprint density at radius 2 is 0.389 bits per heavy atom. The summed E-state index contributed by atoms with van der Waals surface area (Å²) in [5.74, 6) is 4.67. The molecule has 0 bridgehead atoms. The van der Waals surface area contributed by atoms with Gasteiger partial charge in [0.25, 0.3) is 0 Å². The van der Waals surface area contributed by atoms with Crippen molar-refractivity contribution in [2.45, 2.75) is 252 Å². The largest absolute Gasteiger partial charge is 0.269 e. The number of allylic oxidation sites excluding steroid dienone is 10. The van der Waals surface area contributed by atoms with E-state index in [1.165, 1.54) is 248 Å². The maximum absolute atomic E-state index is 4.33. The summed E-state index contributed by atoms with van der Waals surface area (Å²) in [4.78, 5) is 5.24. The quantitative estimate of drug-likeness (QED) is 0.0372. The van der Waals surface area contributed by atoms with Gasteiger partial charge >= 0.3 is 0 Å². The fraction of sp³-hybridized carbons (Fsp3) is 0.500. The highest BCUT2D eigenvalue weighted by atomic mass is 32.1. The summed E-state index contributed by atoms with van der Waals surface area (Å²) in [5, 5.41) is 0. The molecule has 10 rings (SSSR count). The number of unbranched alkanes of at least 4 members (excludes halogenated alkanes) is 5. The molecule has 0 aromatic heterocycles. The Kier molecular flexibility index (Phi) is 45.7. The zero-order valence-corrected chi connectivity index (χ0v) is 59.8. The lowest BCUT2D eigenvalue weighted by atomic mass is 9.84. The average Bonchev–Trinajstić information content (AvgIpc) is 3.64. The van der Waals surface area contributed by atoms with Gasteiger partial charge in [0.15, 0.2) is 0 Å². The molecule has 5 atom stereocenters. The van der Waals surface area contributed by atoms with Crippen LogP contribution < -0.4 is 0 Å². The van der Waals surface area contributed by atoms with Crippen molar-refractivity contribution in [1.29, 1.82) is 0 Å². The van der Waals surface area contributed by atoms with E-state index in [9.17, 15) is 0 Å². The maximum Gasteiger partial charge on any atom is 0.00403 e. The second-order valence-corrected chi connectivity index (χ2v) is 27.9. The van der Waals surface area contributed by atoms with Crippen LogP contribution in [0.2, 0.25) is 0 Å². The lowest BCUT2D eigenvalue weighted by molar-refractivity contribution is 0.434. The van der Waals surface area contributed by atoms with Crippen molar-refractivity contribution in [3.05, 3.63) is 180 Å². The first kappa shape index (κ1) is 84.2. The Balaban J connectivity index is 0.000000555. The van der Waals surface area contributed by atoms with Gasteiger partial charge in [-0.3, -0.25) is 23.5 Å². The lowest BCUT2D eigenvalue weighted by Gasteiger charge is -2.22. The topological polar surface area (TPSA) is 0 Å². The molecular formula is C80H115F5S5. The monoisotopic (exact) mass is 1330 g/mol. The van der Waals surface area contributed by atoms with Gasteiger partial charge in [-0.25, -0.2) is 0 Å². The number of halogens is 5. The van der Waals surface area contributed by atoms with Crippen LogP contribution in [0.5, 0.6) is 0 Å². The molecule has 5 aromatic carbocycles. The van der Waals surface area contributed by atoms with E-state index in [1.807, 2.05) is 0 Å². The van der Waals surface area contributed by atoms with E-state index < -0.39 is 0 Å². The van der Waals surface area contributed by atoms with Gasteiger partial charge in [0.1, 0.15) is 0 Å². The van der Waals surface area contributed by atoms with Crippen LogP contribution in [-0.2, 0) is 0 Å². The number of benzene rings is 5. The standard InChI is InChI=1S/5C16H22S.5FH/c5*1-2-3-4-13-5-7-14(8-6-13)15-9-11-16(17)12-10-15;;;;;/h5*7,9-13,17H,2-6,8H2,1H3;5*1H. The molecular weight excluding hydrogens is 1220 g/mol. The van der Waals surface area contributed by atoms with Crippen LogP contribution >= 0.6 is 63.1 Å². The van der Waals surface area contributed by atoms with E-state index in [0.29, 0.717) is 0 Å². The molecule has 0 saturated carbocycles. The summed E-state index contributed by atoms with van der Waals surface area (Å²) in [6.45, 7) is 11.4. The summed E-state index contributed by atoms with van der Waals surface area (Å²) in [5.41, 5.74) is 14.6. The third-order valence-electron chi connectivity index (χ3n) is 18.6. The second kappa shape index (κ2) is 48.8. The number of hydrogen-bond donors (Lipinski definition) is 5. The molecule has 0 radical (unpaired) electrons. The van der Waals surface area contributed by atoms with Crippen LogP contribution in [0.1, 0.15) is 255 Å². The van der Waals surface area contributed by atoms with E-state index >= 15 is 0 Å². The second-order valence-electron chi connectivity index (χ2n) is 25.3. The molecule has 90 heavy (non-hydrogen) atoms. The van der Waals surface area contributed by atoms with Crippen molar-refractivity contribution in [3.8, 4) is 0 Å². The zero-order valence-electron chi connectivity index (χ0n) is 55.3. The van der Waals surface area contributed by atoms with Gasteiger partial charge in [-0.05, 0) is 242 Å². The van der Waals surface area contributed by atoms with Crippen molar-refractivity contribution < 1.29 is 23.5 Å². The zero-order chi connectivity index (χ0) is 60.4. The minimum atomic E-state index is 0. The molecule has 5 unspecified atom stereocenters. The van der Waals surface area contributed by atoms with Gasteiger partial charge in [-0.15, -0.1) is 63.1 Å². The van der Waals surface area contributed by atoms with Gasteiger partial charge in [0, 0.05) is 24.5 Å². The van der Waals surface area contributed by atoms with Crippen LogP contribution in [0.15, 0.2) is 176 Å². The van der Waals surface area contributed by atoms with Crippen molar-refractivity contribution in [3.63, 3.8) is 0 Å². The predicted molar refractivity (Wildman–Crippen MR) is 405 cm³/mol. The summed E-state index contributed by atoms with van der Waals surface area (Å²) in [7, 11) is 0. The van der Waals surface area contributed by atoms with Crippen LogP contribution in [0.25, 0.3) is 27.9 Å². The Morgan fingerprint density at radius 3 is 0.500 bits per heavy atom. The summed E-state index contributed by atoms with van der Waals surface area (Å²) in [6.07, 6.45) is 52.4. The highest BCUT2D eigenvalue weighted by Crippen LogP contribution is 2.38. The molecule has 5 aliphatic rings. The number of rotatable bonds is 20. The van der Waals surface area contributed by atoms with Crippen molar-refractivity contribution in [2.75, 3.05) is 0 Å². The normalized spacial score (nSPS) is 19.0. The Labute approximate surface area is 571 Å². The van der Waals surface area contributed by atoms with Gasteiger partial charge in [0.05, 0.1) is 0 Å². The molecule has 5 aromatic rings. The minimum Gasteiger partial charge on any atom is -0.269 e. The smallest absolute Gasteiger partial charge is 0.00403 e. The molecule has 0 fully saturated rings. The molecule has 500 valence electrons. The third-order valence-corrected chi connectivity index (χ3v) is 20.1. The van der Waals surface area contributed by atoms with Crippen LogP contribution in [0, 0.1) is 29.6 Å². The first-order valence-corrected chi connectivity index (χ1v) is 36.1. The molecule has 0 spiro atoms. The summed E-state index contributed by atoms with van der Waals surface area (Å²) in [6, 6.07) is 42.8. The number of hydrogen-bond acceptors (Lipinski definition) is 5. The van der Waals surface area contributed by atoms with Gasteiger partial charge in [-0.1, -0.05) is 222 Å². The minimum absolute atomic E-state index is 0. The Hall–Kier alpha value is -3.80. The molecule has 0 heterocycles. The highest BCUT2D eigenvalue weighted by molar-refractivity contribution is 7.81. The lowest BCUT2D eigenvalue weighted by Crippen LogP contribution is -2.05. The predicted octanol–water partition coefficient (Wildman–Crippen LogP) is 27.5. The van der Waals surface area contributed by atoms with Crippen molar-refractivity contribution in [2.24, 2.45) is 29.6 Å². The molecule has 10 heteroatoms. The van der Waals surface area contributed by atoms with E-state index in [4.69, 9.17) is 0 Å². The first-order valence-electron chi connectivity index (χ1n) is 33.9. The highest BCUT2D eigenvalue weighted by Gasteiger charge is 2.19. The van der Waals surface area contributed by atoms with Gasteiger partial charge < -0.3 is 0 Å². The van der Waals surface area contributed by atoms with Crippen LogP contribution in [0.4, 0.5) is 23.5 Å². The van der Waals surface area contributed by atoms with Crippen LogP contribution in [0.3, 0.4) is 0 Å². The maximum atomic E-state index is 4.33. The van der Waals surface area contributed by atoms with E-state index in [2.05, 4.69) is 249 Å². The fourth-order valence-corrected chi connectivity index (χ4v) is 13.7. The average molecular weight is 1330 g/mol. The molecule has 0 amide bonds. The molecule has 0 saturated heterocycles. The summed E-state index contributed by atoms with van der Waals surface area (Å²) >= 11 is 21.6. The Bertz CT molecular complexity index is 2350. The van der Waals surface area contributed by atoms with E-state index in [1.54, 1.807) is 0 Å². The van der Waals surface area contributed by atoms with Gasteiger partial charge in [-0.2, -0.15) is 0 Å². The van der Waals surface area contributed by atoms with Gasteiger partial charge in [0.2, 0.25) is 0 Å². The Morgan fingerprint density at radius 1 is 0.244 bits per heavy atom. The van der Waals surface area contributed by atoms with Crippen molar-refractivity contribution >= 4 is 91.0 Å². The fourth-order valence-electron chi connectivity index (χ4n) is 12.9.